The van der Waals surface area contributed by atoms with E-state index in [1.807, 2.05) is 0 Å². The fourth-order valence-corrected chi connectivity index (χ4v) is 1.90. The average Bonchev–Trinajstić information content (AvgIpc) is 2.86. The number of amides is 1. The number of carbonyl (C=O) groups is 2. The molecule has 0 bridgehead atoms. The lowest BCUT2D eigenvalue weighted by Crippen LogP contribution is -2.41. The van der Waals surface area contributed by atoms with Gasteiger partial charge in [-0.05, 0) is 12.8 Å². The van der Waals surface area contributed by atoms with Gasteiger partial charge in [-0.25, -0.2) is 9.78 Å². The number of carboxylic acids is 1. The molecule has 1 amide bonds. The number of hydrogen-bond donors (Lipinski definition) is 1. The minimum absolute atomic E-state index is 0.0975. The van der Waals surface area contributed by atoms with Crippen LogP contribution in [0.1, 0.15) is 18.5 Å². The van der Waals surface area contributed by atoms with E-state index in [0.29, 0.717) is 18.7 Å². The van der Waals surface area contributed by atoms with Gasteiger partial charge in [0.15, 0.2) is 6.39 Å². The molecule has 0 aromatic carbocycles. The molecule has 1 aromatic heterocycles. The zero-order valence-electron chi connectivity index (χ0n) is 8.63. The second-order valence-electron chi connectivity index (χ2n) is 3.74. The molecule has 1 N–H and O–H groups in total. The van der Waals surface area contributed by atoms with E-state index in [0.717, 1.165) is 6.42 Å². The van der Waals surface area contributed by atoms with E-state index < -0.39 is 12.0 Å². The van der Waals surface area contributed by atoms with Gasteiger partial charge in [-0.1, -0.05) is 0 Å². The number of aliphatic carboxylic acids is 1. The summed E-state index contributed by atoms with van der Waals surface area (Å²) >= 11 is 0. The summed E-state index contributed by atoms with van der Waals surface area (Å²) in [6.45, 7) is 0.508. The van der Waals surface area contributed by atoms with Crippen molar-refractivity contribution in [3.8, 4) is 0 Å². The van der Waals surface area contributed by atoms with Crippen LogP contribution < -0.4 is 0 Å². The largest absolute Gasteiger partial charge is 0.480 e. The van der Waals surface area contributed by atoms with Crippen molar-refractivity contribution in [2.45, 2.75) is 25.3 Å². The molecular formula is C10H12N2O4. The van der Waals surface area contributed by atoms with Crippen molar-refractivity contribution < 1.29 is 19.1 Å². The summed E-state index contributed by atoms with van der Waals surface area (Å²) in [4.78, 5) is 27.9. The second-order valence-corrected chi connectivity index (χ2v) is 3.74. The molecule has 1 atom stereocenters. The molecule has 6 nitrogen and oxygen atoms in total. The van der Waals surface area contributed by atoms with Crippen molar-refractivity contribution >= 4 is 11.9 Å². The Labute approximate surface area is 91.9 Å². The normalized spacial score (nSPS) is 20.0. The molecule has 1 fully saturated rings. The standard InChI is InChI=1S/C10H12N2O4/c13-9(4-7-5-16-6-11-7)12-3-1-2-8(12)10(14)15/h5-6,8H,1-4H2,(H,14,15)/t8-/m0/s1. The lowest BCUT2D eigenvalue weighted by molar-refractivity contribution is -0.148. The molecule has 1 aromatic rings. The van der Waals surface area contributed by atoms with Crippen LogP contribution >= 0.6 is 0 Å². The summed E-state index contributed by atoms with van der Waals surface area (Å²) in [5.41, 5.74) is 0.529. The number of carboxylic acid groups (broad SMARTS) is 1. The Balaban J connectivity index is 2.01. The second kappa shape index (κ2) is 4.34. The predicted octanol–water partition coefficient (Wildman–Crippen LogP) is 0.293. The molecule has 0 unspecified atom stereocenters. The third kappa shape index (κ3) is 2.05. The van der Waals surface area contributed by atoms with Gasteiger partial charge in [0.1, 0.15) is 12.3 Å². The summed E-state index contributed by atoms with van der Waals surface area (Å²) in [6, 6.07) is -0.681. The van der Waals surface area contributed by atoms with Gasteiger partial charge < -0.3 is 14.4 Å². The molecule has 0 saturated carbocycles. The Hall–Kier alpha value is -1.85. The van der Waals surface area contributed by atoms with E-state index in [-0.39, 0.29) is 12.3 Å². The van der Waals surface area contributed by atoms with E-state index in [2.05, 4.69) is 4.98 Å². The first-order valence-electron chi connectivity index (χ1n) is 5.08. The fraction of sp³-hybridized carbons (Fsp3) is 0.500. The highest BCUT2D eigenvalue weighted by molar-refractivity contribution is 5.85. The van der Waals surface area contributed by atoms with E-state index in [4.69, 9.17) is 9.52 Å². The van der Waals surface area contributed by atoms with Crippen molar-refractivity contribution in [2.75, 3.05) is 6.54 Å². The van der Waals surface area contributed by atoms with Crippen LogP contribution in [-0.2, 0) is 16.0 Å². The minimum atomic E-state index is -0.939. The predicted molar refractivity (Wildman–Crippen MR) is 52.6 cm³/mol. The van der Waals surface area contributed by atoms with E-state index >= 15 is 0 Å². The molecule has 1 aliphatic rings. The van der Waals surface area contributed by atoms with Gasteiger partial charge >= 0.3 is 5.97 Å². The van der Waals surface area contributed by atoms with Crippen molar-refractivity contribution in [1.29, 1.82) is 0 Å². The fourth-order valence-electron chi connectivity index (χ4n) is 1.90. The maximum absolute atomic E-state index is 11.8. The summed E-state index contributed by atoms with van der Waals surface area (Å²) in [6.07, 6.45) is 4.01. The van der Waals surface area contributed by atoms with Crippen molar-refractivity contribution in [1.82, 2.24) is 9.88 Å². The van der Waals surface area contributed by atoms with Crippen LogP contribution in [-0.4, -0.2) is 39.5 Å². The van der Waals surface area contributed by atoms with Gasteiger partial charge in [0.05, 0.1) is 12.1 Å². The molecule has 2 rings (SSSR count). The Kier molecular flexibility index (Phi) is 2.89. The summed E-state index contributed by atoms with van der Waals surface area (Å²) < 4.78 is 4.75. The SMILES string of the molecule is O=C(O)[C@@H]1CCCN1C(=O)Cc1cocn1. The summed E-state index contributed by atoms with van der Waals surface area (Å²) in [5, 5.41) is 8.93. The van der Waals surface area contributed by atoms with Crippen LogP contribution in [0.15, 0.2) is 17.1 Å². The zero-order chi connectivity index (χ0) is 11.5. The van der Waals surface area contributed by atoms with Crippen LogP contribution in [0.3, 0.4) is 0 Å². The van der Waals surface area contributed by atoms with E-state index in [1.54, 1.807) is 0 Å². The summed E-state index contributed by atoms with van der Waals surface area (Å²) in [7, 11) is 0. The molecule has 16 heavy (non-hydrogen) atoms. The smallest absolute Gasteiger partial charge is 0.326 e. The van der Waals surface area contributed by atoms with E-state index in [1.165, 1.54) is 17.6 Å². The Morgan fingerprint density at radius 3 is 3.06 bits per heavy atom. The Morgan fingerprint density at radius 2 is 2.44 bits per heavy atom. The average molecular weight is 224 g/mol. The molecule has 0 radical (unpaired) electrons. The monoisotopic (exact) mass is 224 g/mol. The molecule has 0 aliphatic carbocycles. The first-order chi connectivity index (χ1) is 7.68. The molecular weight excluding hydrogens is 212 g/mol. The molecule has 1 aliphatic heterocycles. The highest BCUT2D eigenvalue weighted by Gasteiger charge is 2.33. The highest BCUT2D eigenvalue weighted by Crippen LogP contribution is 2.18. The van der Waals surface area contributed by atoms with Gasteiger partial charge in [-0.3, -0.25) is 4.79 Å². The van der Waals surface area contributed by atoms with E-state index in [9.17, 15) is 9.59 Å². The minimum Gasteiger partial charge on any atom is -0.480 e. The molecule has 86 valence electrons. The number of rotatable bonds is 3. The van der Waals surface area contributed by atoms with Crippen LogP contribution in [0, 0.1) is 0 Å². The van der Waals surface area contributed by atoms with Gasteiger partial charge in [-0.15, -0.1) is 0 Å². The van der Waals surface area contributed by atoms with Crippen LogP contribution in [0.25, 0.3) is 0 Å². The Morgan fingerprint density at radius 1 is 1.62 bits per heavy atom. The van der Waals surface area contributed by atoms with Crippen molar-refractivity contribution in [3.05, 3.63) is 18.4 Å². The number of aromatic nitrogens is 1. The van der Waals surface area contributed by atoms with Gasteiger partial charge in [0.2, 0.25) is 5.91 Å². The molecule has 1 saturated heterocycles. The topological polar surface area (TPSA) is 83.6 Å². The lowest BCUT2D eigenvalue weighted by atomic mass is 10.2. The number of oxazole rings is 1. The van der Waals surface area contributed by atoms with Gasteiger partial charge in [-0.2, -0.15) is 0 Å². The summed E-state index contributed by atoms with van der Waals surface area (Å²) in [5.74, 6) is -1.15. The molecule has 2 heterocycles. The number of carbonyl (C=O) groups excluding carboxylic acids is 1. The van der Waals surface area contributed by atoms with Crippen LogP contribution in [0.5, 0.6) is 0 Å². The molecule has 0 spiro atoms. The first-order valence-corrected chi connectivity index (χ1v) is 5.08. The maximum atomic E-state index is 11.8. The van der Waals surface area contributed by atoms with Crippen molar-refractivity contribution in [3.63, 3.8) is 0 Å². The maximum Gasteiger partial charge on any atom is 0.326 e. The quantitative estimate of drug-likeness (QED) is 0.797. The number of likely N-dealkylation sites (tertiary alicyclic amines) is 1. The lowest BCUT2D eigenvalue weighted by Gasteiger charge is -2.20. The number of hydrogen-bond acceptors (Lipinski definition) is 4. The third-order valence-electron chi connectivity index (χ3n) is 2.67. The van der Waals surface area contributed by atoms with Gasteiger partial charge in [0.25, 0.3) is 0 Å². The Bertz CT molecular complexity index is 388. The van der Waals surface area contributed by atoms with Gasteiger partial charge in [0, 0.05) is 6.54 Å². The van der Waals surface area contributed by atoms with Crippen molar-refractivity contribution in [2.24, 2.45) is 0 Å². The molecule has 6 heteroatoms. The van der Waals surface area contributed by atoms with Crippen LogP contribution in [0.4, 0.5) is 0 Å². The van der Waals surface area contributed by atoms with Crippen LogP contribution in [0.2, 0.25) is 0 Å². The third-order valence-corrected chi connectivity index (χ3v) is 2.67. The highest BCUT2D eigenvalue weighted by atomic mass is 16.4. The number of nitrogens with zero attached hydrogens (tertiary/aromatic N) is 2. The first kappa shape index (κ1) is 10.7. The zero-order valence-corrected chi connectivity index (χ0v) is 8.63.